The summed E-state index contributed by atoms with van der Waals surface area (Å²) < 4.78 is 12.8. The predicted octanol–water partition coefficient (Wildman–Crippen LogP) is 20.6. The van der Waals surface area contributed by atoms with Gasteiger partial charge < -0.3 is 19.3 Å². The van der Waals surface area contributed by atoms with Crippen molar-refractivity contribution in [2.75, 3.05) is 9.80 Å². The van der Waals surface area contributed by atoms with Crippen LogP contribution in [0.1, 0.15) is 22.3 Å². The minimum atomic E-state index is 0.891. The Bertz CT molecular complexity index is 3890. The standard InChI is InChI=1S/C68H48N2O2S2/c1-41-13-9-14-42(2)65(41)69(49-33-25-45(26-34-49)51-17-11-21-59-67(51)73-61-23-7-5-19-57(61)71-59)55-39-31-47-30-38-54-56(40-32-48-29-37-53(55)63(47)64(48)54)70(66-43(3)15-10-16-44(66)4)50-35-27-46(28-36-50)52-18-12-22-60-68(52)74-62-24-8-6-20-58(62)72-60/h5-40H,1-4H3. The van der Waals surface area contributed by atoms with Crippen molar-refractivity contribution in [1.29, 1.82) is 0 Å². The summed E-state index contributed by atoms with van der Waals surface area (Å²) in [6.45, 7) is 8.91. The van der Waals surface area contributed by atoms with Crippen LogP contribution in [0.25, 0.3) is 54.6 Å². The molecule has 2 heterocycles. The van der Waals surface area contributed by atoms with Crippen molar-refractivity contribution in [3.05, 3.63) is 241 Å². The Kier molecular flexibility index (Phi) is 10.6. The van der Waals surface area contributed by atoms with Gasteiger partial charge in [-0.25, -0.2) is 0 Å². The van der Waals surface area contributed by atoms with Crippen molar-refractivity contribution in [3.8, 4) is 45.3 Å². The first kappa shape index (κ1) is 44.3. The molecule has 12 aromatic carbocycles. The fourth-order valence-corrected chi connectivity index (χ4v) is 13.6. The normalized spacial score (nSPS) is 12.4. The maximum absolute atomic E-state index is 6.42. The number of fused-ring (bicyclic) bond motifs is 4. The lowest BCUT2D eigenvalue weighted by molar-refractivity contribution is 0.455. The van der Waals surface area contributed by atoms with Crippen LogP contribution in [0.15, 0.2) is 238 Å². The Hall–Kier alpha value is -8.42. The van der Waals surface area contributed by atoms with Gasteiger partial charge in [0.2, 0.25) is 0 Å². The second kappa shape index (κ2) is 17.7. The molecule has 2 aliphatic heterocycles. The third kappa shape index (κ3) is 7.23. The number of hydrogen-bond acceptors (Lipinski definition) is 6. The highest BCUT2D eigenvalue weighted by atomic mass is 32.2. The zero-order valence-electron chi connectivity index (χ0n) is 41.3. The molecule has 12 aromatic rings. The fourth-order valence-electron chi connectivity index (χ4n) is 11.4. The van der Waals surface area contributed by atoms with Crippen LogP contribution in [-0.2, 0) is 0 Å². The Morgan fingerprint density at radius 3 is 1.11 bits per heavy atom. The molecule has 2 aliphatic rings. The maximum Gasteiger partial charge on any atom is 0.142 e. The van der Waals surface area contributed by atoms with Gasteiger partial charge in [0.1, 0.15) is 23.0 Å². The predicted molar refractivity (Wildman–Crippen MR) is 311 cm³/mol. The minimum absolute atomic E-state index is 0.891. The molecule has 6 heteroatoms. The first-order chi connectivity index (χ1) is 36.3. The lowest BCUT2D eigenvalue weighted by atomic mass is 9.91. The number of benzene rings is 12. The third-order valence-corrected chi connectivity index (χ3v) is 17.2. The number of rotatable bonds is 8. The summed E-state index contributed by atoms with van der Waals surface area (Å²) in [5.74, 6) is 3.59. The first-order valence-corrected chi connectivity index (χ1v) is 26.8. The molecular weight excluding hydrogens is 941 g/mol. The average Bonchev–Trinajstić information content (AvgIpc) is 3.48. The summed E-state index contributed by atoms with van der Waals surface area (Å²) in [7, 11) is 0. The molecule has 0 saturated carbocycles. The van der Waals surface area contributed by atoms with Crippen molar-refractivity contribution >= 4 is 90.0 Å². The smallest absolute Gasteiger partial charge is 0.142 e. The Labute approximate surface area is 439 Å². The van der Waals surface area contributed by atoms with Gasteiger partial charge in [-0.3, -0.25) is 0 Å². The SMILES string of the molecule is Cc1cccc(C)c1N(c1ccc(-c2cccc3c2Sc2ccccc2O3)cc1)c1ccc2ccc3c(N(c4ccc(-c5cccc6c5Sc5ccccc5O6)cc4)c4c(C)cccc4C)ccc4ccc1c2c43. The number of ether oxygens (including phenoxy) is 2. The van der Waals surface area contributed by atoms with E-state index in [9.17, 15) is 0 Å². The van der Waals surface area contributed by atoms with Crippen LogP contribution < -0.4 is 19.3 Å². The number of aryl methyl sites for hydroxylation is 4. The van der Waals surface area contributed by atoms with Crippen LogP contribution in [0.4, 0.5) is 34.1 Å². The lowest BCUT2D eigenvalue weighted by Gasteiger charge is -2.32. The molecule has 0 atom stereocenters. The number of nitrogens with zero attached hydrogens (tertiary/aromatic N) is 2. The molecule has 0 N–H and O–H groups in total. The van der Waals surface area contributed by atoms with Crippen LogP contribution in [0, 0.1) is 27.7 Å². The highest BCUT2D eigenvalue weighted by Crippen LogP contribution is 2.54. The summed E-state index contributed by atoms with van der Waals surface area (Å²) in [6.07, 6.45) is 0. The lowest BCUT2D eigenvalue weighted by Crippen LogP contribution is -2.14. The van der Waals surface area contributed by atoms with Gasteiger partial charge in [-0.05, 0) is 167 Å². The van der Waals surface area contributed by atoms with Gasteiger partial charge >= 0.3 is 0 Å². The van der Waals surface area contributed by atoms with Crippen LogP contribution in [0.5, 0.6) is 23.0 Å². The number of hydrogen-bond donors (Lipinski definition) is 0. The molecule has 0 saturated heterocycles. The highest BCUT2D eigenvalue weighted by Gasteiger charge is 2.27. The van der Waals surface area contributed by atoms with Crippen molar-refractivity contribution in [3.63, 3.8) is 0 Å². The van der Waals surface area contributed by atoms with Gasteiger partial charge in [-0.2, -0.15) is 0 Å². The molecule has 0 aromatic heterocycles. The molecule has 74 heavy (non-hydrogen) atoms. The van der Waals surface area contributed by atoms with Crippen molar-refractivity contribution in [2.45, 2.75) is 47.3 Å². The van der Waals surface area contributed by atoms with Crippen LogP contribution in [0.3, 0.4) is 0 Å². The third-order valence-electron chi connectivity index (χ3n) is 14.8. The molecule has 0 bridgehead atoms. The van der Waals surface area contributed by atoms with E-state index in [0.29, 0.717) is 0 Å². The summed E-state index contributed by atoms with van der Waals surface area (Å²) in [5, 5.41) is 7.34. The summed E-state index contributed by atoms with van der Waals surface area (Å²) >= 11 is 3.55. The Morgan fingerprint density at radius 2 is 0.689 bits per heavy atom. The quantitative estimate of drug-likeness (QED) is 0.141. The van der Waals surface area contributed by atoms with E-state index in [1.165, 1.54) is 65.9 Å². The molecule has 0 unspecified atom stereocenters. The van der Waals surface area contributed by atoms with E-state index in [1.54, 1.807) is 23.5 Å². The minimum Gasteiger partial charge on any atom is -0.455 e. The number of anilines is 6. The molecular formula is C68H48N2O2S2. The van der Waals surface area contributed by atoms with Gasteiger partial charge in [0.15, 0.2) is 0 Å². The zero-order valence-corrected chi connectivity index (χ0v) is 42.9. The summed E-state index contributed by atoms with van der Waals surface area (Å²) in [6, 6.07) is 79.3. The van der Waals surface area contributed by atoms with Crippen molar-refractivity contribution < 1.29 is 9.47 Å². The van der Waals surface area contributed by atoms with E-state index in [1.807, 2.05) is 24.3 Å². The average molecular weight is 989 g/mol. The zero-order chi connectivity index (χ0) is 49.6. The van der Waals surface area contributed by atoms with Crippen LogP contribution in [-0.4, -0.2) is 0 Å². The van der Waals surface area contributed by atoms with Gasteiger partial charge in [0.25, 0.3) is 0 Å². The molecule has 354 valence electrons. The van der Waals surface area contributed by atoms with E-state index in [4.69, 9.17) is 9.47 Å². The molecule has 0 spiro atoms. The highest BCUT2D eigenvalue weighted by molar-refractivity contribution is 8.00. The second-order valence-corrected chi connectivity index (χ2v) is 21.5. The second-order valence-electron chi connectivity index (χ2n) is 19.4. The molecule has 0 aliphatic carbocycles. The largest absolute Gasteiger partial charge is 0.455 e. The van der Waals surface area contributed by atoms with Gasteiger partial charge in [-0.15, -0.1) is 0 Å². The summed E-state index contributed by atoms with van der Waals surface area (Å²) in [4.78, 5) is 9.49. The van der Waals surface area contributed by atoms with Crippen molar-refractivity contribution in [1.82, 2.24) is 0 Å². The summed E-state index contributed by atoms with van der Waals surface area (Å²) in [5.41, 5.74) is 16.3. The van der Waals surface area contributed by atoms with Crippen molar-refractivity contribution in [2.24, 2.45) is 0 Å². The fraction of sp³-hybridized carbons (Fsp3) is 0.0588. The molecule has 4 nitrogen and oxygen atoms in total. The maximum atomic E-state index is 6.42. The monoisotopic (exact) mass is 988 g/mol. The van der Waals surface area contributed by atoms with E-state index >= 15 is 0 Å². The van der Waals surface area contributed by atoms with Crippen LogP contribution in [0.2, 0.25) is 0 Å². The van der Waals surface area contributed by atoms with E-state index in [-0.39, 0.29) is 0 Å². The van der Waals surface area contributed by atoms with Crippen LogP contribution >= 0.6 is 23.5 Å². The van der Waals surface area contributed by atoms with E-state index < -0.39 is 0 Å². The first-order valence-electron chi connectivity index (χ1n) is 25.1. The topological polar surface area (TPSA) is 24.9 Å². The molecule has 0 fully saturated rings. The molecule has 0 amide bonds. The van der Waals surface area contributed by atoms with E-state index in [0.717, 1.165) is 87.6 Å². The van der Waals surface area contributed by atoms with Gasteiger partial charge in [0, 0.05) is 22.1 Å². The van der Waals surface area contributed by atoms with Gasteiger partial charge in [0.05, 0.1) is 42.3 Å². The molecule has 14 rings (SSSR count). The van der Waals surface area contributed by atoms with E-state index in [2.05, 4.69) is 232 Å². The van der Waals surface area contributed by atoms with Gasteiger partial charge in [-0.1, -0.05) is 169 Å². The Balaban J connectivity index is 0.905. The Morgan fingerprint density at radius 1 is 0.324 bits per heavy atom. The molecule has 0 radical (unpaired) electrons. The number of para-hydroxylation sites is 4.